The number of hydrogen-bond acceptors (Lipinski definition) is 1. The van der Waals surface area contributed by atoms with Crippen molar-refractivity contribution in [2.45, 2.75) is 0 Å². The minimum atomic E-state index is -0.689. The van der Waals surface area contributed by atoms with Gasteiger partial charge in [0.25, 0.3) is 0 Å². The molecule has 0 saturated carbocycles. The first kappa shape index (κ1) is 15.3. The average molecular weight is 333 g/mol. The summed E-state index contributed by atoms with van der Waals surface area (Å²) in [6.07, 6.45) is 0. The molecular formula is C21H13F2NO. The van der Waals surface area contributed by atoms with E-state index in [0.29, 0.717) is 16.6 Å². The SMILES string of the molecule is O=c1cc(-c2ccccc2)n(-c2ccc(F)cc2F)c2ccccc12. The summed E-state index contributed by atoms with van der Waals surface area (Å²) in [7, 11) is 0. The fourth-order valence-electron chi connectivity index (χ4n) is 3.02. The second kappa shape index (κ2) is 5.98. The van der Waals surface area contributed by atoms with Crippen molar-refractivity contribution in [3.63, 3.8) is 0 Å². The van der Waals surface area contributed by atoms with Crippen molar-refractivity contribution in [2.24, 2.45) is 0 Å². The van der Waals surface area contributed by atoms with Crippen LogP contribution in [0.2, 0.25) is 0 Å². The molecule has 0 amide bonds. The first-order valence-corrected chi connectivity index (χ1v) is 7.81. The van der Waals surface area contributed by atoms with Crippen molar-refractivity contribution >= 4 is 10.9 Å². The zero-order chi connectivity index (χ0) is 17.4. The van der Waals surface area contributed by atoms with Crippen molar-refractivity contribution < 1.29 is 8.78 Å². The van der Waals surface area contributed by atoms with E-state index in [-0.39, 0.29) is 11.1 Å². The summed E-state index contributed by atoms with van der Waals surface area (Å²) in [5.74, 6) is -1.33. The van der Waals surface area contributed by atoms with Gasteiger partial charge in [0, 0.05) is 17.5 Å². The Morgan fingerprint density at radius 1 is 0.760 bits per heavy atom. The van der Waals surface area contributed by atoms with Crippen LogP contribution in [0.5, 0.6) is 0 Å². The zero-order valence-corrected chi connectivity index (χ0v) is 13.1. The normalized spacial score (nSPS) is 11.0. The molecule has 122 valence electrons. The van der Waals surface area contributed by atoms with E-state index >= 15 is 0 Å². The molecule has 1 heterocycles. The van der Waals surface area contributed by atoms with Gasteiger partial charge in [0.15, 0.2) is 5.43 Å². The Hall–Kier alpha value is -3.27. The maximum Gasteiger partial charge on any atom is 0.190 e. The van der Waals surface area contributed by atoms with E-state index in [1.807, 2.05) is 30.3 Å². The number of aromatic nitrogens is 1. The highest BCUT2D eigenvalue weighted by molar-refractivity contribution is 5.84. The topological polar surface area (TPSA) is 22.0 Å². The lowest BCUT2D eigenvalue weighted by atomic mass is 10.1. The smallest absolute Gasteiger partial charge is 0.190 e. The number of fused-ring (bicyclic) bond motifs is 1. The Morgan fingerprint density at radius 3 is 2.24 bits per heavy atom. The standard InChI is InChI=1S/C21H13F2NO/c22-15-10-11-19(17(23)12-15)24-18-9-5-4-8-16(18)21(25)13-20(24)14-6-2-1-3-7-14/h1-13H. The third-order valence-electron chi connectivity index (χ3n) is 4.14. The quantitative estimate of drug-likeness (QED) is 0.509. The molecule has 0 aliphatic rings. The second-order valence-corrected chi connectivity index (χ2v) is 5.71. The Labute approximate surface area is 142 Å². The van der Waals surface area contributed by atoms with Crippen molar-refractivity contribution in [3.8, 4) is 16.9 Å². The molecule has 3 aromatic carbocycles. The van der Waals surface area contributed by atoms with E-state index in [2.05, 4.69) is 0 Å². The lowest BCUT2D eigenvalue weighted by Crippen LogP contribution is -2.11. The van der Waals surface area contributed by atoms with Gasteiger partial charge in [-0.05, 0) is 29.8 Å². The Bertz CT molecular complexity index is 1130. The number of pyridine rings is 1. The molecule has 0 aliphatic heterocycles. The number of benzene rings is 3. The van der Waals surface area contributed by atoms with E-state index in [9.17, 15) is 13.6 Å². The van der Waals surface area contributed by atoms with E-state index in [1.54, 1.807) is 28.8 Å². The van der Waals surface area contributed by atoms with Gasteiger partial charge < -0.3 is 4.57 Å². The second-order valence-electron chi connectivity index (χ2n) is 5.71. The molecule has 25 heavy (non-hydrogen) atoms. The Balaban J connectivity index is 2.17. The highest BCUT2D eigenvalue weighted by Crippen LogP contribution is 2.28. The third kappa shape index (κ3) is 2.62. The molecule has 4 heteroatoms. The fraction of sp³-hybridized carbons (Fsp3) is 0. The first-order valence-electron chi connectivity index (χ1n) is 7.81. The molecule has 0 aliphatic carbocycles. The molecule has 0 saturated heterocycles. The molecule has 2 nitrogen and oxygen atoms in total. The zero-order valence-electron chi connectivity index (χ0n) is 13.1. The largest absolute Gasteiger partial charge is 0.306 e. The number of nitrogens with zero attached hydrogens (tertiary/aromatic N) is 1. The van der Waals surface area contributed by atoms with Gasteiger partial charge in [0.1, 0.15) is 11.6 Å². The third-order valence-corrected chi connectivity index (χ3v) is 4.14. The van der Waals surface area contributed by atoms with E-state index < -0.39 is 11.6 Å². The molecule has 0 unspecified atom stereocenters. The van der Waals surface area contributed by atoms with Crippen LogP contribution in [-0.4, -0.2) is 4.57 Å². The van der Waals surface area contributed by atoms with Gasteiger partial charge in [0.2, 0.25) is 0 Å². The maximum atomic E-state index is 14.5. The van der Waals surface area contributed by atoms with Crippen LogP contribution in [0.25, 0.3) is 27.8 Å². The molecule has 1 aromatic heterocycles. The molecule has 0 atom stereocenters. The van der Waals surface area contributed by atoms with Crippen LogP contribution >= 0.6 is 0 Å². The Kier molecular flexibility index (Phi) is 3.65. The van der Waals surface area contributed by atoms with Gasteiger partial charge >= 0.3 is 0 Å². The first-order chi connectivity index (χ1) is 12.1. The van der Waals surface area contributed by atoms with Gasteiger partial charge in [-0.1, -0.05) is 42.5 Å². The summed E-state index contributed by atoms with van der Waals surface area (Å²) in [6.45, 7) is 0. The highest BCUT2D eigenvalue weighted by Gasteiger charge is 2.15. The monoisotopic (exact) mass is 333 g/mol. The molecule has 0 fully saturated rings. The molecule has 0 bridgehead atoms. The van der Waals surface area contributed by atoms with Crippen molar-refractivity contribution in [3.05, 3.63) is 101 Å². The van der Waals surface area contributed by atoms with Gasteiger partial charge in [-0.2, -0.15) is 0 Å². The molecule has 0 N–H and O–H groups in total. The lowest BCUT2D eigenvalue weighted by molar-refractivity contribution is 0.579. The summed E-state index contributed by atoms with van der Waals surface area (Å²) >= 11 is 0. The van der Waals surface area contributed by atoms with E-state index in [0.717, 1.165) is 11.6 Å². The number of hydrogen-bond donors (Lipinski definition) is 0. The highest BCUT2D eigenvalue weighted by atomic mass is 19.1. The molecule has 4 rings (SSSR count). The maximum absolute atomic E-state index is 14.5. The van der Waals surface area contributed by atoms with Crippen LogP contribution in [0.4, 0.5) is 8.78 Å². The Morgan fingerprint density at radius 2 is 1.48 bits per heavy atom. The van der Waals surface area contributed by atoms with Crippen molar-refractivity contribution in [1.82, 2.24) is 4.57 Å². The summed E-state index contributed by atoms with van der Waals surface area (Å²) in [5.41, 5.74) is 1.94. The fourth-order valence-corrected chi connectivity index (χ4v) is 3.02. The van der Waals surface area contributed by atoms with Crippen LogP contribution < -0.4 is 5.43 Å². The van der Waals surface area contributed by atoms with Crippen LogP contribution in [0.1, 0.15) is 0 Å². The van der Waals surface area contributed by atoms with Crippen LogP contribution in [-0.2, 0) is 0 Å². The van der Waals surface area contributed by atoms with Gasteiger partial charge in [0.05, 0.1) is 16.9 Å². The lowest BCUT2D eigenvalue weighted by Gasteiger charge is -2.18. The van der Waals surface area contributed by atoms with Crippen molar-refractivity contribution in [1.29, 1.82) is 0 Å². The number of rotatable bonds is 2. The van der Waals surface area contributed by atoms with Gasteiger partial charge in [-0.25, -0.2) is 8.78 Å². The van der Waals surface area contributed by atoms with E-state index in [1.165, 1.54) is 18.2 Å². The van der Waals surface area contributed by atoms with Crippen LogP contribution in [0, 0.1) is 11.6 Å². The van der Waals surface area contributed by atoms with Crippen LogP contribution in [0.3, 0.4) is 0 Å². The number of para-hydroxylation sites is 1. The molecular weight excluding hydrogens is 320 g/mol. The minimum Gasteiger partial charge on any atom is -0.306 e. The van der Waals surface area contributed by atoms with Gasteiger partial charge in [-0.15, -0.1) is 0 Å². The molecule has 0 radical (unpaired) electrons. The van der Waals surface area contributed by atoms with Gasteiger partial charge in [-0.3, -0.25) is 4.79 Å². The average Bonchev–Trinajstić information content (AvgIpc) is 2.63. The predicted molar refractivity (Wildman–Crippen MR) is 94.9 cm³/mol. The summed E-state index contributed by atoms with van der Waals surface area (Å²) in [6, 6.07) is 21.2. The molecule has 0 spiro atoms. The van der Waals surface area contributed by atoms with E-state index in [4.69, 9.17) is 0 Å². The number of halogens is 2. The summed E-state index contributed by atoms with van der Waals surface area (Å²) in [4.78, 5) is 12.5. The minimum absolute atomic E-state index is 0.145. The van der Waals surface area contributed by atoms with Crippen molar-refractivity contribution in [2.75, 3.05) is 0 Å². The summed E-state index contributed by atoms with van der Waals surface area (Å²) < 4.78 is 29.5. The summed E-state index contributed by atoms with van der Waals surface area (Å²) in [5, 5.41) is 0.478. The molecule has 4 aromatic rings. The van der Waals surface area contributed by atoms with Crippen LogP contribution in [0.15, 0.2) is 83.7 Å². The predicted octanol–water partition coefficient (Wildman–Crippen LogP) is 4.94.